The average molecular weight is 339 g/mol. The van der Waals surface area contributed by atoms with Gasteiger partial charge in [0.1, 0.15) is 10.8 Å². The van der Waals surface area contributed by atoms with E-state index < -0.39 is 0 Å². The highest BCUT2D eigenvalue weighted by molar-refractivity contribution is 7.81. The summed E-state index contributed by atoms with van der Waals surface area (Å²) in [6.07, 6.45) is 0. The number of methoxy groups -OCH3 is 1. The van der Waals surface area contributed by atoms with Crippen LogP contribution in [0.15, 0.2) is 47.8 Å². The number of hydrogen-bond donors (Lipinski definition) is 0. The van der Waals surface area contributed by atoms with Gasteiger partial charge in [-0.1, -0.05) is 42.5 Å². The Balaban J connectivity index is 1.96. The summed E-state index contributed by atoms with van der Waals surface area (Å²) in [6.45, 7) is 4.12. The lowest BCUT2D eigenvalue weighted by molar-refractivity contribution is 0.411. The summed E-state index contributed by atoms with van der Waals surface area (Å²) in [5, 5.41) is 3.01. The predicted molar refractivity (Wildman–Crippen MR) is 101 cm³/mol. The highest BCUT2D eigenvalue weighted by atomic mass is 32.1. The van der Waals surface area contributed by atoms with Crippen molar-refractivity contribution < 1.29 is 4.74 Å². The van der Waals surface area contributed by atoms with Crippen LogP contribution in [0.3, 0.4) is 0 Å². The molecule has 0 saturated carbocycles. The molecule has 0 aliphatic rings. The first-order chi connectivity index (χ1) is 11.1. The maximum absolute atomic E-state index is 5.65. The third-order valence-corrected chi connectivity index (χ3v) is 5.20. The van der Waals surface area contributed by atoms with E-state index in [1.807, 2.05) is 29.6 Å². The first kappa shape index (κ1) is 15.8. The molecule has 0 spiro atoms. The monoisotopic (exact) mass is 339 g/mol. The lowest BCUT2D eigenvalue weighted by Gasteiger charge is -2.11. The third kappa shape index (κ3) is 3.19. The van der Waals surface area contributed by atoms with Crippen molar-refractivity contribution in [3.8, 4) is 16.3 Å². The molecular formula is C19H17NOS2. The van der Waals surface area contributed by atoms with E-state index in [0.717, 1.165) is 38.0 Å². The van der Waals surface area contributed by atoms with Gasteiger partial charge in [-0.15, -0.1) is 11.3 Å². The Bertz CT molecular complexity index is 853. The van der Waals surface area contributed by atoms with Crippen LogP contribution in [0.1, 0.15) is 22.4 Å². The predicted octanol–water partition coefficient (Wildman–Crippen LogP) is 5.20. The smallest absolute Gasteiger partial charge is 0.124 e. The van der Waals surface area contributed by atoms with Gasteiger partial charge in [-0.2, -0.15) is 0 Å². The largest absolute Gasteiger partial charge is 0.496 e. The van der Waals surface area contributed by atoms with Crippen molar-refractivity contribution >= 4 is 28.4 Å². The van der Waals surface area contributed by atoms with Crippen molar-refractivity contribution in [3.63, 3.8) is 0 Å². The van der Waals surface area contributed by atoms with Crippen LogP contribution in [0.25, 0.3) is 10.6 Å². The van der Waals surface area contributed by atoms with Crippen LogP contribution in [0.4, 0.5) is 0 Å². The second kappa shape index (κ2) is 6.60. The summed E-state index contributed by atoms with van der Waals surface area (Å²) in [5.74, 6) is 0.862. The van der Waals surface area contributed by atoms with Crippen molar-refractivity contribution in [2.45, 2.75) is 13.8 Å². The summed E-state index contributed by atoms with van der Waals surface area (Å²) in [7, 11) is 1.69. The second-order valence-electron chi connectivity index (χ2n) is 5.35. The zero-order chi connectivity index (χ0) is 16.4. The fourth-order valence-corrected chi connectivity index (χ4v) is 3.52. The maximum atomic E-state index is 5.65. The number of hydrogen-bond acceptors (Lipinski definition) is 4. The lowest BCUT2D eigenvalue weighted by Crippen LogP contribution is -2.03. The molecule has 0 unspecified atom stereocenters. The zero-order valence-corrected chi connectivity index (χ0v) is 14.9. The number of aryl methyl sites for hydroxylation is 1. The van der Waals surface area contributed by atoms with E-state index in [-0.39, 0.29) is 0 Å². The van der Waals surface area contributed by atoms with E-state index in [1.54, 1.807) is 18.4 Å². The van der Waals surface area contributed by atoms with Crippen LogP contribution in [0.5, 0.6) is 5.75 Å². The molecule has 0 bridgehead atoms. The van der Waals surface area contributed by atoms with E-state index in [1.165, 1.54) is 5.56 Å². The number of rotatable bonds is 4. The van der Waals surface area contributed by atoms with Gasteiger partial charge in [-0.25, -0.2) is 4.98 Å². The first-order valence-electron chi connectivity index (χ1n) is 7.31. The molecule has 0 fully saturated rings. The normalized spacial score (nSPS) is 10.6. The minimum atomic E-state index is 0.754. The number of aromatic nitrogens is 1. The SMILES string of the molecule is COc1cc(C(=S)c2csc(-c3ccccc3)n2)cc(C)c1C. The molecule has 4 heteroatoms. The van der Waals surface area contributed by atoms with Crippen molar-refractivity contribution in [3.05, 3.63) is 70.2 Å². The Morgan fingerprint density at radius 2 is 1.87 bits per heavy atom. The molecule has 0 atom stereocenters. The molecule has 0 N–H and O–H groups in total. The molecule has 116 valence electrons. The van der Waals surface area contributed by atoms with Crippen LogP contribution in [0.2, 0.25) is 0 Å². The molecule has 3 rings (SSSR count). The van der Waals surface area contributed by atoms with E-state index in [2.05, 4.69) is 32.0 Å². The van der Waals surface area contributed by atoms with Crippen LogP contribution >= 0.6 is 23.6 Å². The van der Waals surface area contributed by atoms with E-state index >= 15 is 0 Å². The Kier molecular flexibility index (Phi) is 4.55. The Morgan fingerprint density at radius 1 is 1.13 bits per heavy atom. The molecular weight excluding hydrogens is 322 g/mol. The fourth-order valence-electron chi connectivity index (χ4n) is 2.41. The van der Waals surface area contributed by atoms with Gasteiger partial charge in [-0.3, -0.25) is 0 Å². The molecule has 0 aliphatic heterocycles. The van der Waals surface area contributed by atoms with Gasteiger partial charge in [-0.05, 0) is 42.7 Å². The molecule has 2 aromatic carbocycles. The fraction of sp³-hybridized carbons (Fsp3) is 0.158. The van der Waals surface area contributed by atoms with Crippen LogP contribution in [-0.2, 0) is 0 Å². The molecule has 2 nitrogen and oxygen atoms in total. The molecule has 0 aliphatic carbocycles. The Hall–Kier alpha value is -2.04. The van der Waals surface area contributed by atoms with Gasteiger partial charge < -0.3 is 4.74 Å². The molecule has 0 amide bonds. The van der Waals surface area contributed by atoms with E-state index in [9.17, 15) is 0 Å². The first-order valence-corrected chi connectivity index (χ1v) is 8.60. The van der Waals surface area contributed by atoms with Gasteiger partial charge >= 0.3 is 0 Å². The summed E-state index contributed by atoms with van der Waals surface area (Å²) >= 11 is 7.26. The Labute approximate surface area is 145 Å². The highest BCUT2D eigenvalue weighted by Crippen LogP contribution is 2.28. The minimum Gasteiger partial charge on any atom is -0.496 e. The van der Waals surface area contributed by atoms with Gasteiger partial charge in [0, 0.05) is 10.9 Å². The van der Waals surface area contributed by atoms with Gasteiger partial charge in [0.25, 0.3) is 0 Å². The van der Waals surface area contributed by atoms with Crippen LogP contribution < -0.4 is 4.74 Å². The topological polar surface area (TPSA) is 22.1 Å². The van der Waals surface area contributed by atoms with Crippen LogP contribution in [-0.4, -0.2) is 17.0 Å². The quantitative estimate of drug-likeness (QED) is 0.482. The van der Waals surface area contributed by atoms with Gasteiger partial charge in [0.15, 0.2) is 0 Å². The highest BCUT2D eigenvalue weighted by Gasteiger charge is 2.13. The average Bonchev–Trinajstić information content (AvgIpc) is 3.07. The maximum Gasteiger partial charge on any atom is 0.124 e. The molecule has 0 saturated heterocycles. The molecule has 1 aromatic heterocycles. The second-order valence-corrected chi connectivity index (χ2v) is 6.62. The van der Waals surface area contributed by atoms with Gasteiger partial charge in [0.05, 0.1) is 17.7 Å². The number of nitrogens with zero attached hydrogens (tertiary/aromatic N) is 1. The van der Waals surface area contributed by atoms with Crippen molar-refractivity contribution in [2.24, 2.45) is 0 Å². The van der Waals surface area contributed by atoms with E-state index in [4.69, 9.17) is 21.9 Å². The molecule has 0 radical (unpaired) electrons. The summed E-state index contributed by atoms with van der Waals surface area (Å²) in [5.41, 5.74) is 5.24. The summed E-state index contributed by atoms with van der Waals surface area (Å²) in [4.78, 5) is 5.46. The molecule has 3 aromatic rings. The number of thiocarbonyl (C=S) groups is 1. The van der Waals surface area contributed by atoms with Gasteiger partial charge in [0.2, 0.25) is 0 Å². The molecule has 23 heavy (non-hydrogen) atoms. The van der Waals surface area contributed by atoms with E-state index in [0.29, 0.717) is 0 Å². The van der Waals surface area contributed by atoms with Crippen molar-refractivity contribution in [1.82, 2.24) is 4.98 Å². The third-order valence-electron chi connectivity index (χ3n) is 3.86. The number of thiazole rings is 1. The zero-order valence-electron chi connectivity index (χ0n) is 13.3. The lowest BCUT2D eigenvalue weighted by atomic mass is 10.0. The summed E-state index contributed by atoms with van der Waals surface area (Å²) in [6, 6.07) is 14.2. The summed E-state index contributed by atoms with van der Waals surface area (Å²) < 4.78 is 5.45. The number of benzene rings is 2. The minimum absolute atomic E-state index is 0.754. The standard InChI is InChI=1S/C19H17NOS2/c1-12-9-15(10-17(21-3)13(12)2)18(22)16-11-23-19(20-16)14-7-5-4-6-8-14/h4-11H,1-3H3. The Morgan fingerprint density at radius 3 is 2.57 bits per heavy atom. The van der Waals surface area contributed by atoms with Crippen molar-refractivity contribution in [2.75, 3.05) is 7.11 Å². The number of ether oxygens (including phenoxy) is 1. The van der Waals surface area contributed by atoms with Crippen molar-refractivity contribution in [1.29, 1.82) is 0 Å². The van der Waals surface area contributed by atoms with Crippen LogP contribution in [0, 0.1) is 13.8 Å². The molecule has 1 heterocycles.